The van der Waals surface area contributed by atoms with Crippen molar-refractivity contribution in [2.24, 2.45) is 0 Å². The van der Waals surface area contributed by atoms with Gasteiger partial charge in [0.25, 0.3) is 0 Å². The molecule has 0 N–H and O–H groups in total. The van der Waals surface area contributed by atoms with Crippen molar-refractivity contribution in [1.29, 1.82) is 0 Å². The minimum Gasteiger partial charge on any atom is -0.302 e. The van der Waals surface area contributed by atoms with E-state index in [2.05, 4.69) is 6.58 Å². The Bertz CT molecular complexity index is 489. The SMILES string of the molecule is C=CC(c1ccccc1)P(=O)(OC(C)(C)C)OC(C)(C)C. The maximum Gasteiger partial charge on any atom is 0.342 e. The second kappa shape index (κ2) is 6.48. The van der Waals surface area contributed by atoms with Crippen LogP contribution >= 0.6 is 7.60 Å². The Morgan fingerprint density at radius 2 is 1.43 bits per heavy atom. The lowest BCUT2D eigenvalue weighted by Crippen LogP contribution is -2.25. The van der Waals surface area contributed by atoms with Crippen LogP contribution in [0.4, 0.5) is 0 Å². The van der Waals surface area contributed by atoms with Crippen molar-refractivity contribution in [3.05, 3.63) is 48.6 Å². The molecular formula is C17H27O3P. The standard InChI is InChI=1S/C17H27O3P/c1-8-15(14-12-10-9-11-13-14)21(18,19-16(2,3)4)20-17(5,6)7/h8-13,15H,1H2,2-7H3. The van der Waals surface area contributed by atoms with Gasteiger partial charge in [0.15, 0.2) is 0 Å². The summed E-state index contributed by atoms with van der Waals surface area (Å²) in [4.78, 5) is 0. The van der Waals surface area contributed by atoms with Crippen LogP contribution in [0.3, 0.4) is 0 Å². The summed E-state index contributed by atoms with van der Waals surface area (Å²) in [5.74, 6) is 0. The van der Waals surface area contributed by atoms with Gasteiger partial charge in [0.2, 0.25) is 0 Å². The maximum atomic E-state index is 13.5. The van der Waals surface area contributed by atoms with Gasteiger partial charge in [-0.25, -0.2) is 0 Å². The van der Waals surface area contributed by atoms with Gasteiger partial charge in [-0.3, -0.25) is 4.57 Å². The molecule has 0 spiro atoms. The van der Waals surface area contributed by atoms with Crippen molar-refractivity contribution in [3.63, 3.8) is 0 Å². The molecule has 0 saturated carbocycles. The Morgan fingerprint density at radius 3 is 1.76 bits per heavy atom. The Balaban J connectivity index is 3.27. The summed E-state index contributed by atoms with van der Waals surface area (Å²) in [5.41, 5.74) is -0.755. The third kappa shape index (κ3) is 5.78. The van der Waals surface area contributed by atoms with Crippen LogP contribution in [0, 0.1) is 0 Å². The monoisotopic (exact) mass is 310 g/mol. The normalized spacial score (nSPS) is 14.8. The van der Waals surface area contributed by atoms with E-state index < -0.39 is 24.5 Å². The van der Waals surface area contributed by atoms with Gasteiger partial charge in [0.1, 0.15) is 5.66 Å². The second-order valence-corrected chi connectivity index (χ2v) is 9.04. The lowest BCUT2D eigenvalue weighted by Gasteiger charge is -2.35. The predicted octanol–water partition coefficient (Wildman–Crippen LogP) is 5.74. The number of benzene rings is 1. The van der Waals surface area contributed by atoms with Gasteiger partial charge in [-0.1, -0.05) is 36.4 Å². The molecule has 0 bridgehead atoms. The molecule has 4 heteroatoms. The van der Waals surface area contributed by atoms with Gasteiger partial charge in [-0.15, -0.1) is 6.58 Å². The summed E-state index contributed by atoms with van der Waals surface area (Å²) in [7, 11) is -3.41. The van der Waals surface area contributed by atoms with Crippen LogP contribution in [-0.4, -0.2) is 11.2 Å². The highest BCUT2D eigenvalue weighted by Crippen LogP contribution is 2.65. The fourth-order valence-corrected chi connectivity index (χ4v) is 4.58. The first-order valence-corrected chi connectivity index (χ1v) is 8.77. The van der Waals surface area contributed by atoms with Crippen LogP contribution < -0.4 is 0 Å². The molecule has 1 atom stereocenters. The van der Waals surface area contributed by atoms with E-state index in [1.807, 2.05) is 71.9 Å². The number of rotatable bonds is 5. The highest BCUT2D eigenvalue weighted by atomic mass is 31.2. The molecule has 0 aliphatic rings. The lowest BCUT2D eigenvalue weighted by atomic mass is 10.1. The zero-order chi connectivity index (χ0) is 16.3. The van der Waals surface area contributed by atoms with Crippen LogP contribution in [-0.2, 0) is 13.6 Å². The first-order valence-electron chi connectivity index (χ1n) is 7.16. The molecule has 1 rings (SSSR count). The van der Waals surface area contributed by atoms with Crippen LogP contribution in [0.15, 0.2) is 43.0 Å². The molecule has 0 heterocycles. The van der Waals surface area contributed by atoms with Gasteiger partial charge >= 0.3 is 7.60 Å². The molecule has 1 aromatic rings. The Hall–Kier alpha value is -0.890. The Labute approximate surface area is 128 Å². The lowest BCUT2D eigenvalue weighted by molar-refractivity contribution is 0.0467. The van der Waals surface area contributed by atoms with Crippen LogP contribution in [0.5, 0.6) is 0 Å². The van der Waals surface area contributed by atoms with Gasteiger partial charge in [0.05, 0.1) is 11.2 Å². The van der Waals surface area contributed by atoms with E-state index >= 15 is 0 Å². The molecular weight excluding hydrogens is 283 g/mol. The zero-order valence-electron chi connectivity index (χ0n) is 13.9. The second-order valence-electron chi connectivity index (χ2n) is 7.04. The summed E-state index contributed by atoms with van der Waals surface area (Å²) >= 11 is 0. The topological polar surface area (TPSA) is 35.5 Å². The summed E-state index contributed by atoms with van der Waals surface area (Å²) in [6.45, 7) is 15.1. The van der Waals surface area contributed by atoms with Crippen molar-refractivity contribution in [3.8, 4) is 0 Å². The van der Waals surface area contributed by atoms with E-state index in [9.17, 15) is 4.57 Å². The fraction of sp³-hybridized carbons (Fsp3) is 0.529. The molecule has 118 valence electrons. The van der Waals surface area contributed by atoms with E-state index in [4.69, 9.17) is 9.05 Å². The van der Waals surface area contributed by atoms with Crippen molar-refractivity contribution < 1.29 is 13.6 Å². The third-order valence-electron chi connectivity index (χ3n) is 2.51. The number of allylic oxidation sites excluding steroid dienone is 1. The summed E-state index contributed by atoms with van der Waals surface area (Å²) in [6.07, 6.45) is 1.65. The highest BCUT2D eigenvalue weighted by molar-refractivity contribution is 7.54. The van der Waals surface area contributed by atoms with Crippen LogP contribution in [0.2, 0.25) is 0 Å². The molecule has 1 aromatic carbocycles. The van der Waals surface area contributed by atoms with Crippen molar-refractivity contribution in [2.75, 3.05) is 0 Å². The first kappa shape index (κ1) is 18.2. The van der Waals surface area contributed by atoms with E-state index in [0.29, 0.717) is 0 Å². The van der Waals surface area contributed by atoms with E-state index in [1.54, 1.807) is 6.08 Å². The third-order valence-corrected chi connectivity index (χ3v) is 5.30. The average molecular weight is 310 g/mol. The summed E-state index contributed by atoms with van der Waals surface area (Å²) in [6, 6.07) is 9.56. The number of hydrogen-bond acceptors (Lipinski definition) is 3. The summed E-state index contributed by atoms with van der Waals surface area (Å²) in [5, 5.41) is 0. The molecule has 0 amide bonds. The van der Waals surface area contributed by atoms with Gasteiger partial charge in [-0.05, 0) is 47.1 Å². The van der Waals surface area contributed by atoms with E-state index in [1.165, 1.54) is 0 Å². The van der Waals surface area contributed by atoms with E-state index in [-0.39, 0.29) is 0 Å². The van der Waals surface area contributed by atoms with Crippen LogP contribution in [0.25, 0.3) is 0 Å². The highest BCUT2D eigenvalue weighted by Gasteiger charge is 2.41. The minimum atomic E-state index is -3.41. The first-order chi connectivity index (χ1) is 9.47. The molecule has 21 heavy (non-hydrogen) atoms. The Morgan fingerprint density at radius 1 is 1.00 bits per heavy atom. The quantitative estimate of drug-likeness (QED) is 0.514. The summed E-state index contributed by atoms with van der Waals surface area (Å²) < 4.78 is 25.2. The largest absolute Gasteiger partial charge is 0.342 e. The number of hydrogen-bond donors (Lipinski definition) is 0. The molecule has 3 nitrogen and oxygen atoms in total. The van der Waals surface area contributed by atoms with Gasteiger partial charge in [0, 0.05) is 0 Å². The van der Waals surface area contributed by atoms with Crippen LogP contribution in [0.1, 0.15) is 52.8 Å². The molecule has 0 aromatic heterocycles. The smallest absolute Gasteiger partial charge is 0.302 e. The van der Waals surface area contributed by atoms with Crippen molar-refractivity contribution >= 4 is 7.60 Å². The molecule has 0 fully saturated rings. The zero-order valence-corrected chi connectivity index (χ0v) is 14.8. The molecule has 0 radical (unpaired) electrons. The fourth-order valence-electron chi connectivity index (χ4n) is 1.99. The molecule has 0 aliphatic carbocycles. The molecule has 0 saturated heterocycles. The minimum absolute atomic E-state index is 0.489. The van der Waals surface area contributed by atoms with Gasteiger partial charge < -0.3 is 9.05 Å². The molecule has 0 aliphatic heterocycles. The van der Waals surface area contributed by atoms with E-state index in [0.717, 1.165) is 5.56 Å². The maximum absolute atomic E-state index is 13.5. The Kier molecular flexibility index (Phi) is 5.60. The molecule has 1 unspecified atom stereocenters. The van der Waals surface area contributed by atoms with Crippen molar-refractivity contribution in [1.82, 2.24) is 0 Å². The average Bonchev–Trinajstić information content (AvgIpc) is 2.25. The van der Waals surface area contributed by atoms with Crippen molar-refractivity contribution in [2.45, 2.75) is 58.4 Å². The van der Waals surface area contributed by atoms with Gasteiger partial charge in [-0.2, -0.15) is 0 Å². The predicted molar refractivity (Wildman–Crippen MR) is 88.7 cm³/mol.